The van der Waals surface area contributed by atoms with Crippen molar-refractivity contribution in [1.82, 2.24) is 10.2 Å². The van der Waals surface area contributed by atoms with Gasteiger partial charge < -0.3 is 4.52 Å². The van der Waals surface area contributed by atoms with Crippen molar-refractivity contribution >= 4 is 5.91 Å². The molecule has 0 bridgehead atoms. The predicted octanol–water partition coefficient (Wildman–Crippen LogP) is 1.88. The van der Waals surface area contributed by atoms with Gasteiger partial charge in [-0.2, -0.15) is 0 Å². The lowest BCUT2D eigenvalue weighted by Crippen LogP contribution is -2.27. The summed E-state index contributed by atoms with van der Waals surface area (Å²) < 4.78 is 5.18. The molecule has 1 aromatic heterocycles. The van der Waals surface area contributed by atoms with Crippen LogP contribution in [0.2, 0.25) is 0 Å². The van der Waals surface area contributed by atoms with Gasteiger partial charge in [-0.05, 0) is 13.3 Å². The van der Waals surface area contributed by atoms with Crippen molar-refractivity contribution in [3.05, 3.63) is 17.0 Å². The Morgan fingerprint density at radius 1 is 1.50 bits per heavy atom. The number of hydroxylamine groups is 2. The van der Waals surface area contributed by atoms with Crippen molar-refractivity contribution in [2.45, 2.75) is 33.1 Å². The van der Waals surface area contributed by atoms with E-state index in [0.717, 1.165) is 6.42 Å². The molecule has 2 heterocycles. The summed E-state index contributed by atoms with van der Waals surface area (Å²) in [5, 5.41) is 5.25. The first-order valence-electron chi connectivity index (χ1n) is 5.52. The van der Waals surface area contributed by atoms with Crippen LogP contribution in [0.3, 0.4) is 0 Å². The lowest BCUT2D eigenvalue weighted by molar-refractivity contribution is -0.0770. The van der Waals surface area contributed by atoms with E-state index < -0.39 is 0 Å². The Morgan fingerprint density at radius 2 is 2.25 bits per heavy atom. The maximum Gasteiger partial charge on any atom is 0.282 e. The summed E-state index contributed by atoms with van der Waals surface area (Å²) in [6.07, 6.45) is 0.882. The van der Waals surface area contributed by atoms with E-state index in [2.05, 4.69) is 5.16 Å². The highest BCUT2D eigenvalue weighted by Gasteiger charge is 2.29. The molecular weight excluding hydrogens is 208 g/mol. The van der Waals surface area contributed by atoms with E-state index in [1.54, 1.807) is 6.92 Å². The van der Waals surface area contributed by atoms with Crippen molar-refractivity contribution in [2.24, 2.45) is 0 Å². The van der Waals surface area contributed by atoms with E-state index in [4.69, 9.17) is 9.36 Å². The zero-order valence-electron chi connectivity index (χ0n) is 9.82. The first-order valence-corrected chi connectivity index (χ1v) is 5.52. The summed E-state index contributed by atoms with van der Waals surface area (Å²) in [4.78, 5) is 17.4. The Bertz CT molecular complexity index is 392. The Morgan fingerprint density at radius 3 is 2.81 bits per heavy atom. The number of carbonyl (C=O) groups excluding carboxylic acids is 1. The highest BCUT2D eigenvalue weighted by Crippen LogP contribution is 2.24. The number of aryl methyl sites for hydroxylation is 1. The van der Waals surface area contributed by atoms with E-state index >= 15 is 0 Å². The lowest BCUT2D eigenvalue weighted by Gasteiger charge is -2.14. The lowest BCUT2D eigenvalue weighted by atomic mass is 10.0. The van der Waals surface area contributed by atoms with Gasteiger partial charge in [0.05, 0.1) is 18.8 Å². The number of hydrogen-bond acceptors (Lipinski definition) is 4. The fourth-order valence-corrected chi connectivity index (χ4v) is 1.77. The molecule has 2 rings (SSSR count). The van der Waals surface area contributed by atoms with E-state index in [9.17, 15) is 4.79 Å². The summed E-state index contributed by atoms with van der Waals surface area (Å²) in [6.45, 7) is 6.97. The first-order chi connectivity index (χ1) is 7.61. The van der Waals surface area contributed by atoms with Crippen LogP contribution in [0.15, 0.2) is 4.52 Å². The van der Waals surface area contributed by atoms with E-state index in [0.29, 0.717) is 30.2 Å². The molecule has 5 nitrogen and oxygen atoms in total. The van der Waals surface area contributed by atoms with Crippen LogP contribution in [0.4, 0.5) is 0 Å². The molecule has 0 atom stereocenters. The standard InChI is InChI=1S/C11H16N2O3/c1-7(2)10-9(8(3)12-16-10)11(14)13-5-4-6-15-13/h7H,4-6H2,1-3H3. The molecule has 0 N–H and O–H groups in total. The van der Waals surface area contributed by atoms with Gasteiger partial charge in [-0.15, -0.1) is 0 Å². The van der Waals surface area contributed by atoms with Gasteiger partial charge in [0.1, 0.15) is 5.56 Å². The summed E-state index contributed by atoms with van der Waals surface area (Å²) in [7, 11) is 0. The normalized spacial score (nSPS) is 16.1. The van der Waals surface area contributed by atoms with Gasteiger partial charge in [0, 0.05) is 5.92 Å². The fourth-order valence-electron chi connectivity index (χ4n) is 1.77. The number of nitrogens with zero attached hydrogens (tertiary/aromatic N) is 2. The molecule has 88 valence electrons. The van der Waals surface area contributed by atoms with Crippen molar-refractivity contribution in [2.75, 3.05) is 13.2 Å². The molecule has 1 aliphatic rings. The van der Waals surface area contributed by atoms with Crippen LogP contribution < -0.4 is 0 Å². The van der Waals surface area contributed by atoms with Gasteiger partial charge in [-0.25, -0.2) is 5.06 Å². The van der Waals surface area contributed by atoms with Crippen LogP contribution in [0.5, 0.6) is 0 Å². The zero-order chi connectivity index (χ0) is 11.7. The molecule has 1 fully saturated rings. The van der Waals surface area contributed by atoms with Crippen LogP contribution in [0.25, 0.3) is 0 Å². The van der Waals surface area contributed by atoms with Crippen molar-refractivity contribution in [1.29, 1.82) is 0 Å². The smallest absolute Gasteiger partial charge is 0.282 e. The van der Waals surface area contributed by atoms with Crippen LogP contribution in [0.1, 0.15) is 48.0 Å². The van der Waals surface area contributed by atoms with Gasteiger partial charge in [0.2, 0.25) is 0 Å². The zero-order valence-corrected chi connectivity index (χ0v) is 9.82. The molecule has 0 spiro atoms. The van der Waals surface area contributed by atoms with E-state index in [1.807, 2.05) is 13.8 Å². The number of carbonyl (C=O) groups is 1. The number of amides is 1. The highest BCUT2D eigenvalue weighted by molar-refractivity contribution is 5.95. The Hall–Kier alpha value is -1.36. The van der Waals surface area contributed by atoms with Gasteiger partial charge in [0.25, 0.3) is 5.91 Å². The molecule has 1 aromatic rings. The molecule has 0 saturated carbocycles. The predicted molar refractivity (Wildman–Crippen MR) is 56.9 cm³/mol. The van der Waals surface area contributed by atoms with Crippen LogP contribution in [0, 0.1) is 6.92 Å². The van der Waals surface area contributed by atoms with Gasteiger partial charge in [-0.3, -0.25) is 9.63 Å². The summed E-state index contributed by atoms with van der Waals surface area (Å²) in [5.74, 6) is 0.640. The minimum atomic E-state index is -0.139. The van der Waals surface area contributed by atoms with Crippen LogP contribution in [-0.2, 0) is 4.84 Å². The molecule has 0 aliphatic carbocycles. The summed E-state index contributed by atoms with van der Waals surface area (Å²) >= 11 is 0. The second kappa shape index (κ2) is 4.25. The maximum atomic E-state index is 12.2. The average Bonchev–Trinajstić information content (AvgIpc) is 2.84. The Kier molecular flexibility index (Phi) is 2.96. The van der Waals surface area contributed by atoms with E-state index in [1.165, 1.54) is 5.06 Å². The Labute approximate surface area is 94.3 Å². The third-order valence-electron chi connectivity index (χ3n) is 2.61. The third kappa shape index (κ3) is 1.82. The molecule has 1 aliphatic heterocycles. The third-order valence-corrected chi connectivity index (χ3v) is 2.61. The molecule has 0 aromatic carbocycles. The summed E-state index contributed by atoms with van der Waals surface area (Å²) in [5.41, 5.74) is 1.18. The fraction of sp³-hybridized carbons (Fsp3) is 0.636. The van der Waals surface area contributed by atoms with Crippen molar-refractivity contribution in [3.8, 4) is 0 Å². The van der Waals surface area contributed by atoms with E-state index in [-0.39, 0.29) is 11.8 Å². The van der Waals surface area contributed by atoms with Crippen LogP contribution >= 0.6 is 0 Å². The number of rotatable bonds is 2. The highest BCUT2D eigenvalue weighted by atomic mass is 16.7. The molecular formula is C11H16N2O3. The Balaban J connectivity index is 2.31. The number of aromatic nitrogens is 1. The molecule has 0 unspecified atom stereocenters. The maximum absolute atomic E-state index is 12.2. The van der Waals surface area contributed by atoms with Crippen molar-refractivity contribution < 1.29 is 14.2 Å². The molecule has 16 heavy (non-hydrogen) atoms. The quantitative estimate of drug-likeness (QED) is 0.769. The van der Waals surface area contributed by atoms with Gasteiger partial charge in [-0.1, -0.05) is 19.0 Å². The number of hydrogen-bond donors (Lipinski definition) is 0. The van der Waals surface area contributed by atoms with Gasteiger partial charge >= 0.3 is 0 Å². The average molecular weight is 224 g/mol. The van der Waals surface area contributed by atoms with Gasteiger partial charge in [0.15, 0.2) is 5.76 Å². The topological polar surface area (TPSA) is 55.6 Å². The molecule has 0 radical (unpaired) electrons. The minimum Gasteiger partial charge on any atom is -0.360 e. The second-order valence-electron chi connectivity index (χ2n) is 4.26. The molecule has 1 amide bonds. The minimum absolute atomic E-state index is 0.139. The van der Waals surface area contributed by atoms with Crippen molar-refractivity contribution in [3.63, 3.8) is 0 Å². The SMILES string of the molecule is Cc1noc(C(C)C)c1C(=O)N1CCCO1. The largest absolute Gasteiger partial charge is 0.360 e. The molecule has 5 heteroatoms. The monoisotopic (exact) mass is 224 g/mol. The van der Waals surface area contributed by atoms with Crippen LogP contribution in [-0.4, -0.2) is 29.3 Å². The second-order valence-corrected chi connectivity index (χ2v) is 4.26. The molecule has 1 saturated heterocycles. The first kappa shape index (κ1) is 11.1. The summed E-state index contributed by atoms with van der Waals surface area (Å²) in [6, 6.07) is 0.